The molecule has 0 atom stereocenters. The van der Waals surface area contributed by atoms with Crippen LogP contribution >= 0.6 is 27.5 Å². The van der Waals surface area contributed by atoms with Crippen LogP contribution in [0.1, 0.15) is 10.4 Å². The van der Waals surface area contributed by atoms with Gasteiger partial charge in [0.2, 0.25) is 0 Å². The van der Waals surface area contributed by atoms with Gasteiger partial charge in [-0.25, -0.2) is 9.97 Å². The van der Waals surface area contributed by atoms with Crippen LogP contribution in [0.5, 0.6) is 0 Å². The highest BCUT2D eigenvalue weighted by atomic mass is 79.9. The number of aromatic nitrogens is 2. The minimum atomic E-state index is -0.274. The second-order valence-electron chi connectivity index (χ2n) is 3.21. The number of hydrogen-bond acceptors (Lipinski definition) is 3. The summed E-state index contributed by atoms with van der Waals surface area (Å²) in [4.78, 5) is 19.3. The van der Waals surface area contributed by atoms with Crippen LogP contribution in [0.2, 0.25) is 5.02 Å². The highest BCUT2D eigenvalue weighted by molar-refractivity contribution is 9.10. The summed E-state index contributed by atoms with van der Waals surface area (Å²) in [6, 6.07) is 5.17. The van der Waals surface area contributed by atoms with Gasteiger partial charge in [-0.1, -0.05) is 11.6 Å². The first-order valence-corrected chi connectivity index (χ1v) is 5.85. The summed E-state index contributed by atoms with van der Waals surface area (Å²) in [6.07, 6.45) is 4.26. The zero-order valence-electron chi connectivity index (χ0n) is 8.52. The fourth-order valence-electron chi connectivity index (χ4n) is 1.19. The number of rotatable bonds is 2. The number of carbonyl (C=O) groups excluding carboxylic acids is 1. The zero-order chi connectivity index (χ0) is 12.3. The van der Waals surface area contributed by atoms with Crippen LogP contribution in [0.4, 0.5) is 5.69 Å². The lowest BCUT2D eigenvalue weighted by Crippen LogP contribution is -2.12. The largest absolute Gasteiger partial charge is 0.322 e. The molecular formula is C11H7BrClN3O. The lowest BCUT2D eigenvalue weighted by Gasteiger charge is -2.05. The lowest BCUT2D eigenvalue weighted by molar-refractivity contribution is 0.102. The highest BCUT2D eigenvalue weighted by Crippen LogP contribution is 2.25. The molecule has 1 N–H and O–H groups in total. The van der Waals surface area contributed by atoms with Gasteiger partial charge >= 0.3 is 0 Å². The second kappa shape index (κ2) is 5.25. The molecule has 0 unspecified atom stereocenters. The smallest absolute Gasteiger partial charge is 0.258 e. The van der Waals surface area contributed by atoms with Crippen LogP contribution in [0.15, 0.2) is 41.4 Å². The van der Waals surface area contributed by atoms with Crippen molar-refractivity contribution in [3.8, 4) is 0 Å². The van der Waals surface area contributed by atoms with Crippen molar-refractivity contribution in [3.63, 3.8) is 0 Å². The highest BCUT2D eigenvalue weighted by Gasteiger charge is 2.07. The van der Waals surface area contributed by atoms with E-state index in [1.165, 1.54) is 18.7 Å². The molecule has 17 heavy (non-hydrogen) atoms. The molecule has 0 radical (unpaired) electrons. The molecule has 0 bridgehead atoms. The Kier molecular flexibility index (Phi) is 3.71. The van der Waals surface area contributed by atoms with Crippen LogP contribution in [0, 0.1) is 0 Å². The summed E-state index contributed by atoms with van der Waals surface area (Å²) in [6.45, 7) is 0. The topological polar surface area (TPSA) is 54.9 Å². The van der Waals surface area contributed by atoms with Crippen LogP contribution in [0.3, 0.4) is 0 Å². The van der Waals surface area contributed by atoms with E-state index in [-0.39, 0.29) is 5.91 Å². The summed E-state index contributed by atoms with van der Waals surface area (Å²) in [5, 5.41) is 3.24. The van der Waals surface area contributed by atoms with Gasteiger partial charge in [-0.15, -0.1) is 0 Å². The van der Waals surface area contributed by atoms with E-state index >= 15 is 0 Å². The Labute approximate surface area is 111 Å². The molecule has 0 fully saturated rings. The fourth-order valence-corrected chi connectivity index (χ4v) is 1.62. The standard InChI is InChI=1S/C11H7BrClN3O/c12-9-2-1-8(3-10(9)13)16-11(17)7-4-14-6-15-5-7/h1-6H,(H,16,17). The van der Waals surface area contributed by atoms with Gasteiger partial charge in [0.25, 0.3) is 5.91 Å². The Morgan fingerprint density at radius 1 is 1.29 bits per heavy atom. The van der Waals surface area contributed by atoms with Crippen molar-refractivity contribution in [1.29, 1.82) is 0 Å². The molecule has 6 heteroatoms. The third-order valence-corrected chi connectivity index (χ3v) is 3.23. The Bertz CT molecular complexity index is 548. The molecule has 1 heterocycles. The van der Waals surface area contributed by atoms with Crippen LogP contribution in [-0.4, -0.2) is 15.9 Å². The molecule has 0 aliphatic rings. The number of carbonyl (C=O) groups is 1. The molecule has 0 aliphatic carbocycles. The van der Waals surface area contributed by atoms with Gasteiger partial charge in [-0.2, -0.15) is 0 Å². The van der Waals surface area contributed by atoms with E-state index in [2.05, 4.69) is 31.2 Å². The van der Waals surface area contributed by atoms with E-state index in [0.29, 0.717) is 16.3 Å². The van der Waals surface area contributed by atoms with E-state index in [1.807, 2.05) is 0 Å². The summed E-state index contributed by atoms with van der Waals surface area (Å²) in [5.41, 5.74) is 1.01. The van der Waals surface area contributed by atoms with E-state index in [9.17, 15) is 4.79 Å². The number of benzene rings is 1. The first-order valence-electron chi connectivity index (χ1n) is 4.68. The molecule has 1 aromatic carbocycles. The van der Waals surface area contributed by atoms with E-state index in [1.54, 1.807) is 18.2 Å². The SMILES string of the molecule is O=C(Nc1ccc(Br)c(Cl)c1)c1cncnc1. The molecule has 1 aromatic heterocycles. The summed E-state index contributed by atoms with van der Waals surface area (Å²) >= 11 is 9.20. The molecule has 4 nitrogen and oxygen atoms in total. The van der Waals surface area contributed by atoms with Gasteiger partial charge in [-0.3, -0.25) is 4.79 Å². The van der Waals surface area contributed by atoms with E-state index in [4.69, 9.17) is 11.6 Å². The summed E-state index contributed by atoms with van der Waals surface area (Å²) < 4.78 is 0.778. The summed E-state index contributed by atoms with van der Waals surface area (Å²) in [5.74, 6) is -0.274. The zero-order valence-corrected chi connectivity index (χ0v) is 10.9. The van der Waals surface area contributed by atoms with Crippen molar-refractivity contribution in [2.24, 2.45) is 0 Å². The number of nitrogens with one attached hydrogen (secondary N) is 1. The molecule has 2 rings (SSSR count). The molecule has 0 saturated carbocycles. The van der Waals surface area contributed by atoms with E-state index in [0.717, 1.165) is 4.47 Å². The van der Waals surface area contributed by atoms with Crippen molar-refractivity contribution in [1.82, 2.24) is 9.97 Å². The quantitative estimate of drug-likeness (QED) is 0.927. The molecule has 1 amide bonds. The van der Waals surface area contributed by atoms with Gasteiger partial charge in [-0.05, 0) is 34.1 Å². The maximum atomic E-state index is 11.8. The number of hydrogen-bond donors (Lipinski definition) is 1. The molecule has 0 saturated heterocycles. The van der Waals surface area contributed by atoms with Crippen molar-refractivity contribution < 1.29 is 4.79 Å². The van der Waals surface area contributed by atoms with E-state index < -0.39 is 0 Å². The normalized spacial score (nSPS) is 10.0. The van der Waals surface area contributed by atoms with Crippen LogP contribution < -0.4 is 5.32 Å². The van der Waals surface area contributed by atoms with Crippen molar-refractivity contribution >= 4 is 39.1 Å². The van der Waals surface area contributed by atoms with Gasteiger partial charge in [0.15, 0.2) is 0 Å². The predicted molar refractivity (Wildman–Crippen MR) is 69.1 cm³/mol. The number of halogens is 2. The number of nitrogens with zero attached hydrogens (tertiary/aromatic N) is 2. The fraction of sp³-hybridized carbons (Fsp3) is 0. The first kappa shape index (κ1) is 12.0. The number of anilines is 1. The number of amides is 1. The Hall–Kier alpha value is -1.46. The predicted octanol–water partition coefficient (Wildman–Crippen LogP) is 3.14. The van der Waals surface area contributed by atoms with Gasteiger partial charge in [0, 0.05) is 22.6 Å². The molecule has 0 aliphatic heterocycles. The minimum absolute atomic E-state index is 0.274. The third kappa shape index (κ3) is 3.01. The lowest BCUT2D eigenvalue weighted by atomic mass is 10.3. The molecular weight excluding hydrogens is 305 g/mol. The van der Waals surface area contributed by atoms with Gasteiger partial charge < -0.3 is 5.32 Å². The summed E-state index contributed by atoms with van der Waals surface area (Å²) in [7, 11) is 0. The van der Waals surface area contributed by atoms with Crippen LogP contribution in [-0.2, 0) is 0 Å². The first-order chi connectivity index (χ1) is 8.16. The molecule has 86 valence electrons. The van der Waals surface area contributed by atoms with Gasteiger partial charge in [0.05, 0.1) is 10.6 Å². The Balaban J connectivity index is 2.16. The maximum absolute atomic E-state index is 11.8. The van der Waals surface area contributed by atoms with Crippen LogP contribution in [0.25, 0.3) is 0 Å². The van der Waals surface area contributed by atoms with Crippen molar-refractivity contribution in [2.45, 2.75) is 0 Å². The second-order valence-corrected chi connectivity index (χ2v) is 4.47. The van der Waals surface area contributed by atoms with Crippen molar-refractivity contribution in [2.75, 3.05) is 5.32 Å². The van der Waals surface area contributed by atoms with Gasteiger partial charge in [0.1, 0.15) is 6.33 Å². The average molecular weight is 313 g/mol. The Morgan fingerprint density at radius 3 is 2.65 bits per heavy atom. The molecule has 2 aromatic rings. The monoisotopic (exact) mass is 311 g/mol. The average Bonchev–Trinajstić information content (AvgIpc) is 2.35. The third-order valence-electron chi connectivity index (χ3n) is 2.00. The maximum Gasteiger partial charge on any atom is 0.258 e. The Morgan fingerprint density at radius 2 is 2.00 bits per heavy atom. The minimum Gasteiger partial charge on any atom is -0.322 e. The van der Waals surface area contributed by atoms with Crippen molar-refractivity contribution in [3.05, 3.63) is 52.0 Å². The molecule has 0 spiro atoms.